The van der Waals surface area contributed by atoms with Crippen LogP contribution < -0.4 is 0 Å². The van der Waals surface area contributed by atoms with Crippen molar-refractivity contribution < 1.29 is 9.84 Å². The van der Waals surface area contributed by atoms with Crippen LogP contribution in [0.5, 0.6) is 0 Å². The molecule has 0 saturated heterocycles. The molecule has 0 saturated carbocycles. The zero-order valence-corrected chi connectivity index (χ0v) is 33.1. The fourth-order valence-corrected chi connectivity index (χ4v) is 6.56. The van der Waals surface area contributed by atoms with Crippen LogP contribution in [0.15, 0.2) is 0 Å². The van der Waals surface area contributed by atoms with Gasteiger partial charge >= 0.3 is 0 Å². The van der Waals surface area contributed by atoms with Gasteiger partial charge in [0.2, 0.25) is 0 Å². The van der Waals surface area contributed by atoms with Crippen LogP contribution in [0.1, 0.15) is 266 Å². The number of unbranched alkanes of at least 4 members (excludes halogenated alkanes) is 31. The third kappa shape index (κ3) is 48.3. The highest BCUT2D eigenvalue weighted by molar-refractivity contribution is 4.60. The largest absolute Gasteiger partial charge is 0.378 e. The number of hydrogen-bond donors (Lipinski definition) is 0. The van der Waals surface area contributed by atoms with Gasteiger partial charge in [-0.15, -0.1) is 0 Å². The van der Waals surface area contributed by atoms with Gasteiger partial charge in [0.05, 0.1) is 12.2 Å². The fraction of sp³-hybridized carbons (Fsp3) is 1.00. The Morgan fingerprint density at radius 1 is 0.326 bits per heavy atom. The first-order valence-corrected chi connectivity index (χ1v) is 21.9. The van der Waals surface area contributed by atoms with Gasteiger partial charge in [-0.2, -0.15) is 0 Å². The van der Waals surface area contributed by atoms with E-state index in [-0.39, 0.29) is 0 Å². The Bertz CT molecular complexity index is 488. The molecule has 279 valence electrons. The Labute approximate surface area is 293 Å². The molecule has 0 aromatic carbocycles. The smallest absolute Gasteiger partial charge is 0.0874 e. The van der Waals surface area contributed by atoms with Crippen molar-refractivity contribution in [1.82, 2.24) is 0 Å². The molecule has 46 heavy (non-hydrogen) atoms. The van der Waals surface area contributed by atoms with E-state index in [2.05, 4.69) is 20.8 Å². The number of rotatable bonds is 38. The molecule has 0 N–H and O–H groups in total. The predicted molar refractivity (Wildman–Crippen MR) is 209 cm³/mol. The molecule has 0 rings (SSSR count). The highest BCUT2D eigenvalue weighted by atomic mass is 16.5. The lowest BCUT2D eigenvalue weighted by Crippen LogP contribution is -2.14. The zero-order valence-electron chi connectivity index (χ0n) is 33.1. The molecule has 1 atom stereocenters. The molecule has 0 amide bonds. The summed E-state index contributed by atoms with van der Waals surface area (Å²) in [5.41, 5.74) is 0. The van der Waals surface area contributed by atoms with Crippen molar-refractivity contribution >= 4 is 0 Å². The van der Waals surface area contributed by atoms with Gasteiger partial charge in [-0.1, -0.05) is 233 Å². The van der Waals surface area contributed by atoms with Crippen LogP contribution in [-0.2, 0) is 9.84 Å². The van der Waals surface area contributed by atoms with Crippen molar-refractivity contribution in [1.29, 1.82) is 0 Å². The Morgan fingerprint density at radius 3 is 0.826 bits per heavy atom. The van der Waals surface area contributed by atoms with Gasteiger partial charge in [-0.25, -0.2) is 5.11 Å². The number of hydrogen-bond acceptors (Lipinski definition) is 1. The molecule has 0 aliphatic carbocycles. The van der Waals surface area contributed by atoms with E-state index in [0.29, 0.717) is 6.10 Å². The molecule has 0 aliphatic rings. The molecule has 0 aliphatic heterocycles. The highest BCUT2D eigenvalue weighted by Gasteiger charge is 2.08. The fourth-order valence-electron chi connectivity index (χ4n) is 6.56. The molecule has 1 unspecified atom stereocenters. The quantitative estimate of drug-likeness (QED) is 0.0611. The third-order valence-electron chi connectivity index (χ3n) is 9.61. The maximum absolute atomic E-state index is 9.53. The molecule has 0 heterocycles. The first-order valence-electron chi connectivity index (χ1n) is 21.9. The molecule has 1 radical (unpaired) electrons. The second kappa shape index (κ2) is 44.9. The van der Waals surface area contributed by atoms with Gasteiger partial charge in [0.1, 0.15) is 0 Å². The second-order valence-corrected chi connectivity index (χ2v) is 15.1. The Morgan fingerprint density at radius 2 is 0.543 bits per heavy atom. The predicted octanol–water partition coefficient (Wildman–Crippen LogP) is 16.3. The minimum atomic E-state index is -0.417. The van der Waals surface area contributed by atoms with Crippen LogP contribution in [0.3, 0.4) is 0 Å². The van der Waals surface area contributed by atoms with Gasteiger partial charge in [0, 0.05) is 6.61 Å². The van der Waals surface area contributed by atoms with Crippen LogP contribution in [0.4, 0.5) is 0 Å². The molecular formula is C44H91O2. The van der Waals surface area contributed by atoms with Crippen LogP contribution in [0.2, 0.25) is 0 Å². The van der Waals surface area contributed by atoms with Gasteiger partial charge in [0.15, 0.2) is 0 Å². The van der Waals surface area contributed by atoms with Gasteiger partial charge < -0.3 is 4.74 Å². The average Bonchev–Trinajstić information content (AvgIpc) is 3.04. The summed E-state index contributed by atoms with van der Waals surface area (Å²) in [5, 5.41) is 9.53. The molecule has 2 nitrogen and oxygen atoms in total. The number of ether oxygens (including phenoxy) is 1. The first-order chi connectivity index (χ1) is 22.6. The monoisotopic (exact) mass is 652 g/mol. The van der Waals surface area contributed by atoms with E-state index in [1.165, 1.54) is 231 Å². The van der Waals surface area contributed by atoms with E-state index < -0.39 is 6.10 Å². The van der Waals surface area contributed by atoms with E-state index in [1.807, 2.05) is 0 Å². The lowest BCUT2D eigenvalue weighted by atomic mass is 10.0. The maximum atomic E-state index is 9.53. The van der Waals surface area contributed by atoms with Crippen molar-refractivity contribution in [3.8, 4) is 0 Å². The lowest BCUT2D eigenvalue weighted by molar-refractivity contribution is 0.0360. The van der Waals surface area contributed by atoms with E-state index in [0.717, 1.165) is 6.61 Å². The van der Waals surface area contributed by atoms with E-state index in [1.54, 1.807) is 13.8 Å². The summed E-state index contributed by atoms with van der Waals surface area (Å²) in [6.07, 6.45) is 51.6. The summed E-state index contributed by atoms with van der Waals surface area (Å²) in [6, 6.07) is 0. The Kier molecular flexibility index (Phi) is 46.9. The van der Waals surface area contributed by atoms with Gasteiger partial charge in [-0.3, -0.25) is 0 Å². The summed E-state index contributed by atoms with van der Waals surface area (Å²) < 4.78 is 6.39. The van der Waals surface area contributed by atoms with Crippen LogP contribution >= 0.6 is 0 Å². The molecule has 0 fully saturated rings. The van der Waals surface area contributed by atoms with Crippen molar-refractivity contribution in [3.63, 3.8) is 0 Å². The minimum absolute atomic E-state index is 0.417. The zero-order chi connectivity index (χ0) is 34.0. The molecule has 0 bridgehead atoms. The van der Waals surface area contributed by atoms with Crippen molar-refractivity contribution in [2.75, 3.05) is 6.61 Å². The molecule has 0 aromatic heterocycles. The van der Waals surface area contributed by atoms with Crippen molar-refractivity contribution in [2.45, 2.75) is 278 Å². The topological polar surface area (TPSA) is 29.1 Å². The average molecular weight is 652 g/mol. The second-order valence-electron chi connectivity index (χ2n) is 15.1. The summed E-state index contributed by atoms with van der Waals surface area (Å²) >= 11 is 0. The summed E-state index contributed by atoms with van der Waals surface area (Å²) in [7, 11) is 0. The SMILES string of the molecule is CC(C)[O].CCCCCCCCCCCCCCCCCCOC(CCCC)CCCCCCCCCCCCCCCCCC. The van der Waals surface area contributed by atoms with Crippen LogP contribution in [0.25, 0.3) is 0 Å². The Balaban J connectivity index is 0. The van der Waals surface area contributed by atoms with Crippen LogP contribution in [-0.4, -0.2) is 18.8 Å². The Hall–Kier alpha value is -0.0800. The standard InChI is InChI=1S/C41H84O.C3H7O/c1-4-7-10-12-14-16-18-20-22-24-26-28-30-32-34-36-39-41(38-9-6-3)42-40-37-35-33-31-29-27-25-23-21-19-17-15-13-11-8-5-2;1-3(2)4/h41H,4-40H2,1-3H3;3H,1-2H3. The van der Waals surface area contributed by atoms with E-state index in [4.69, 9.17) is 4.74 Å². The minimum Gasteiger partial charge on any atom is -0.378 e. The van der Waals surface area contributed by atoms with E-state index >= 15 is 0 Å². The van der Waals surface area contributed by atoms with Gasteiger partial charge in [-0.05, 0) is 33.1 Å². The molecule has 0 aromatic rings. The molecule has 2 heteroatoms. The van der Waals surface area contributed by atoms with Crippen molar-refractivity contribution in [3.05, 3.63) is 0 Å². The van der Waals surface area contributed by atoms with Crippen LogP contribution in [0, 0.1) is 0 Å². The molecule has 0 spiro atoms. The van der Waals surface area contributed by atoms with E-state index in [9.17, 15) is 5.11 Å². The molecular weight excluding hydrogens is 560 g/mol. The summed E-state index contributed by atoms with van der Waals surface area (Å²) in [4.78, 5) is 0. The normalized spacial score (nSPS) is 12.1. The maximum Gasteiger partial charge on any atom is 0.0874 e. The lowest BCUT2D eigenvalue weighted by Gasteiger charge is -2.18. The van der Waals surface area contributed by atoms with Crippen molar-refractivity contribution in [2.24, 2.45) is 0 Å². The first kappa shape index (κ1) is 48.0. The third-order valence-corrected chi connectivity index (χ3v) is 9.61. The van der Waals surface area contributed by atoms with Gasteiger partial charge in [0.25, 0.3) is 0 Å². The summed E-state index contributed by atoms with van der Waals surface area (Å²) in [5.74, 6) is 0. The summed E-state index contributed by atoms with van der Waals surface area (Å²) in [6.45, 7) is 11.2. The highest BCUT2D eigenvalue weighted by Crippen LogP contribution is 2.18.